The molecular weight excluding hydrogens is 246 g/mol. The predicted molar refractivity (Wildman–Crippen MR) is 74.2 cm³/mol. The largest absolute Gasteiger partial charge is 0.388 e. The van der Waals surface area contributed by atoms with Crippen molar-refractivity contribution >= 4 is 23.0 Å². The summed E-state index contributed by atoms with van der Waals surface area (Å²) >= 11 is 4.81. The Hall–Kier alpha value is -2.08. The van der Waals surface area contributed by atoms with E-state index < -0.39 is 0 Å². The van der Waals surface area contributed by atoms with Crippen LogP contribution >= 0.6 is 12.2 Å². The third-order valence-electron chi connectivity index (χ3n) is 2.35. The zero-order valence-electron chi connectivity index (χ0n) is 9.92. The number of pyridine rings is 1. The summed E-state index contributed by atoms with van der Waals surface area (Å²) in [5, 5.41) is 3.15. The molecule has 2 aromatic heterocycles. The minimum absolute atomic E-state index is 0.247. The van der Waals surface area contributed by atoms with E-state index in [0.29, 0.717) is 18.1 Å². The number of anilines is 1. The quantitative estimate of drug-likeness (QED) is 0.809. The van der Waals surface area contributed by atoms with Gasteiger partial charge in [0.2, 0.25) is 0 Å². The van der Waals surface area contributed by atoms with Gasteiger partial charge in [-0.05, 0) is 18.6 Å². The summed E-state index contributed by atoms with van der Waals surface area (Å²) in [6, 6.07) is 3.99. The number of aromatic nitrogens is 3. The number of nitrogens with zero attached hydrogens (tertiary/aromatic N) is 3. The van der Waals surface area contributed by atoms with E-state index in [1.807, 2.05) is 25.3 Å². The highest BCUT2D eigenvalue weighted by molar-refractivity contribution is 7.80. The topological polar surface area (TPSA) is 76.7 Å². The smallest absolute Gasteiger partial charge is 0.144 e. The van der Waals surface area contributed by atoms with E-state index in [-0.39, 0.29) is 4.99 Å². The van der Waals surface area contributed by atoms with Crippen LogP contribution in [0.25, 0.3) is 0 Å². The van der Waals surface area contributed by atoms with Crippen LogP contribution in [-0.2, 0) is 6.54 Å². The maximum absolute atomic E-state index is 5.44. The molecule has 0 saturated carbocycles. The molecule has 6 heteroatoms. The molecule has 0 fully saturated rings. The molecule has 2 heterocycles. The van der Waals surface area contributed by atoms with E-state index in [0.717, 1.165) is 11.3 Å². The Kier molecular flexibility index (Phi) is 3.78. The Balaban J connectivity index is 1.97. The first-order chi connectivity index (χ1) is 8.65. The number of rotatable bonds is 4. The van der Waals surface area contributed by atoms with Crippen LogP contribution in [0.15, 0.2) is 30.7 Å². The van der Waals surface area contributed by atoms with Crippen LogP contribution in [0.4, 0.5) is 5.82 Å². The summed E-state index contributed by atoms with van der Waals surface area (Å²) in [7, 11) is 0. The van der Waals surface area contributed by atoms with Crippen LogP contribution in [0.2, 0.25) is 0 Å². The molecule has 0 saturated heterocycles. The van der Waals surface area contributed by atoms with Crippen molar-refractivity contribution in [1.82, 2.24) is 15.0 Å². The van der Waals surface area contributed by atoms with E-state index >= 15 is 0 Å². The highest BCUT2D eigenvalue weighted by atomic mass is 32.1. The first kappa shape index (κ1) is 12.4. The maximum atomic E-state index is 5.44. The number of nitrogens with one attached hydrogen (secondary N) is 1. The Morgan fingerprint density at radius 3 is 2.61 bits per heavy atom. The summed E-state index contributed by atoms with van der Waals surface area (Å²) in [6.07, 6.45) is 4.99. The van der Waals surface area contributed by atoms with Gasteiger partial charge in [0.25, 0.3) is 0 Å². The van der Waals surface area contributed by atoms with Crippen molar-refractivity contribution in [3.8, 4) is 0 Å². The molecule has 0 atom stereocenters. The van der Waals surface area contributed by atoms with Crippen molar-refractivity contribution < 1.29 is 0 Å². The van der Waals surface area contributed by atoms with Gasteiger partial charge in [-0.2, -0.15) is 0 Å². The molecule has 2 rings (SSSR count). The first-order valence-corrected chi connectivity index (χ1v) is 5.83. The molecule has 0 unspecified atom stereocenters. The lowest BCUT2D eigenvalue weighted by Gasteiger charge is -2.05. The van der Waals surface area contributed by atoms with Gasteiger partial charge in [0.05, 0.1) is 12.4 Å². The van der Waals surface area contributed by atoms with E-state index in [2.05, 4.69) is 20.3 Å². The van der Waals surface area contributed by atoms with Gasteiger partial charge < -0.3 is 11.1 Å². The molecule has 2 aromatic rings. The lowest BCUT2D eigenvalue weighted by atomic mass is 10.2. The second-order valence-electron chi connectivity index (χ2n) is 3.81. The molecule has 0 aromatic carbocycles. The monoisotopic (exact) mass is 259 g/mol. The van der Waals surface area contributed by atoms with Gasteiger partial charge in [-0.25, -0.2) is 9.97 Å². The second-order valence-corrected chi connectivity index (χ2v) is 4.25. The third-order valence-corrected chi connectivity index (χ3v) is 2.56. The third kappa shape index (κ3) is 3.21. The number of hydrogen-bond acceptors (Lipinski definition) is 5. The summed E-state index contributed by atoms with van der Waals surface area (Å²) in [5.41, 5.74) is 8.05. The number of aryl methyl sites for hydroxylation is 1. The van der Waals surface area contributed by atoms with Crippen LogP contribution in [0.5, 0.6) is 0 Å². The Morgan fingerprint density at radius 2 is 2.06 bits per heavy atom. The van der Waals surface area contributed by atoms with Crippen LogP contribution in [0, 0.1) is 6.92 Å². The summed E-state index contributed by atoms with van der Waals surface area (Å²) in [6.45, 7) is 2.60. The lowest BCUT2D eigenvalue weighted by Crippen LogP contribution is -2.12. The molecule has 0 bridgehead atoms. The Labute approximate surface area is 110 Å². The number of nitrogens with two attached hydrogens (primary N) is 1. The van der Waals surface area contributed by atoms with Gasteiger partial charge in [-0.15, -0.1) is 0 Å². The van der Waals surface area contributed by atoms with E-state index in [1.54, 1.807) is 12.4 Å². The van der Waals surface area contributed by atoms with E-state index in [9.17, 15) is 0 Å². The number of hydrogen-bond donors (Lipinski definition) is 2. The van der Waals surface area contributed by atoms with Crippen molar-refractivity contribution in [3.05, 3.63) is 47.7 Å². The zero-order chi connectivity index (χ0) is 13.0. The Morgan fingerprint density at radius 1 is 1.22 bits per heavy atom. The standard InChI is InChI=1S/C12H13N5S/c1-8-2-3-9(4-14-8)5-16-11-7-15-10(6-17-11)12(13)18/h2-4,6-7H,5H2,1H3,(H2,13,18)(H,16,17). The lowest BCUT2D eigenvalue weighted by molar-refractivity contribution is 1.05. The van der Waals surface area contributed by atoms with Crippen molar-refractivity contribution in [3.63, 3.8) is 0 Å². The van der Waals surface area contributed by atoms with Gasteiger partial charge >= 0.3 is 0 Å². The minimum atomic E-state index is 0.247. The molecule has 0 radical (unpaired) electrons. The Bertz CT molecular complexity index is 535. The fourth-order valence-corrected chi connectivity index (χ4v) is 1.45. The second kappa shape index (κ2) is 5.50. The molecule has 0 aliphatic heterocycles. The SMILES string of the molecule is Cc1ccc(CNc2cnc(C(N)=S)cn2)cn1. The van der Waals surface area contributed by atoms with E-state index in [4.69, 9.17) is 18.0 Å². The van der Waals surface area contributed by atoms with Crippen molar-refractivity contribution in [2.24, 2.45) is 5.73 Å². The maximum Gasteiger partial charge on any atom is 0.144 e. The summed E-state index contributed by atoms with van der Waals surface area (Å²) in [4.78, 5) is 12.7. The summed E-state index contributed by atoms with van der Waals surface area (Å²) < 4.78 is 0. The van der Waals surface area contributed by atoms with Gasteiger partial charge in [0.1, 0.15) is 16.5 Å². The van der Waals surface area contributed by atoms with Crippen LogP contribution in [0.3, 0.4) is 0 Å². The van der Waals surface area contributed by atoms with Gasteiger partial charge in [-0.1, -0.05) is 18.3 Å². The molecule has 0 aliphatic rings. The minimum Gasteiger partial charge on any atom is -0.388 e. The molecule has 5 nitrogen and oxygen atoms in total. The molecule has 92 valence electrons. The van der Waals surface area contributed by atoms with E-state index in [1.165, 1.54) is 0 Å². The van der Waals surface area contributed by atoms with Gasteiger partial charge in [0, 0.05) is 18.4 Å². The van der Waals surface area contributed by atoms with Crippen molar-refractivity contribution in [2.75, 3.05) is 5.32 Å². The van der Waals surface area contributed by atoms with Gasteiger partial charge in [-0.3, -0.25) is 4.98 Å². The average Bonchev–Trinajstić information content (AvgIpc) is 2.38. The molecule has 18 heavy (non-hydrogen) atoms. The average molecular weight is 259 g/mol. The highest BCUT2D eigenvalue weighted by Crippen LogP contribution is 2.05. The molecule has 0 spiro atoms. The van der Waals surface area contributed by atoms with Crippen molar-refractivity contribution in [2.45, 2.75) is 13.5 Å². The van der Waals surface area contributed by atoms with Crippen molar-refractivity contribution in [1.29, 1.82) is 0 Å². The summed E-state index contributed by atoms with van der Waals surface area (Å²) in [5.74, 6) is 0.676. The molecule has 3 N–H and O–H groups in total. The fraction of sp³-hybridized carbons (Fsp3) is 0.167. The fourth-order valence-electron chi connectivity index (χ4n) is 1.34. The van der Waals surface area contributed by atoms with Crippen LogP contribution in [-0.4, -0.2) is 19.9 Å². The number of thiocarbonyl (C=S) groups is 1. The molecular formula is C12H13N5S. The van der Waals surface area contributed by atoms with Crippen LogP contribution in [0.1, 0.15) is 17.0 Å². The first-order valence-electron chi connectivity index (χ1n) is 5.42. The van der Waals surface area contributed by atoms with Crippen LogP contribution < -0.4 is 11.1 Å². The predicted octanol–water partition coefficient (Wildman–Crippen LogP) is 1.43. The highest BCUT2D eigenvalue weighted by Gasteiger charge is 2.00. The van der Waals surface area contributed by atoms with Gasteiger partial charge in [0.15, 0.2) is 0 Å². The molecule has 0 amide bonds. The zero-order valence-corrected chi connectivity index (χ0v) is 10.7. The molecule has 0 aliphatic carbocycles. The normalized spacial score (nSPS) is 10.1.